The molecule has 14 nitrogen and oxygen atoms in total. The number of ether oxygens (including phenoxy) is 4. The van der Waals surface area contributed by atoms with E-state index >= 15 is 0 Å². The van der Waals surface area contributed by atoms with Crippen LogP contribution in [0.1, 0.15) is 13.8 Å². The second kappa shape index (κ2) is 13.3. The highest BCUT2D eigenvalue weighted by molar-refractivity contribution is 5.73. The molecule has 0 spiro atoms. The lowest BCUT2D eigenvalue weighted by Crippen LogP contribution is -2.64. The molecule has 0 bridgehead atoms. The fraction of sp³-hybridized carbons (Fsp3) is 0.889. The molecule has 0 aromatic rings. The maximum absolute atomic E-state index is 10.9. The van der Waals surface area contributed by atoms with Gasteiger partial charge >= 0.3 is 0 Å². The highest BCUT2D eigenvalue weighted by Gasteiger charge is 2.45. The Bertz CT molecular complexity index is 542. The topological polar surface area (TPSA) is 216 Å². The van der Waals surface area contributed by atoms with E-state index in [0.717, 1.165) is 0 Å². The second-order valence-electron chi connectivity index (χ2n) is 7.34. The Morgan fingerprint density at radius 2 is 1.03 bits per heavy atom. The largest absolute Gasteiger partial charge is 0.394 e. The monoisotopic (exact) mass is 470 g/mol. The zero-order valence-electron chi connectivity index (χ0n) is 18.3. The summed E-state index contributed by atoms with van der Waals surface area (Å²) >= 11 is 0. The first-order chi connectivity index (χ1) is 15.0. The van der Waals surface area contributed by atoms with E-state index in [0.29, 0.717) is 0 Å². The molecule has 14 heteroatoms. The van der Waals surface area contributed by atoms with Gasteiger partial charge in [0.15, 0.2) is 12.6 Å². The van der Waals surface area contributed by atoms with Crippen LogP contribution in [0.2, 0.25) is 0 Å². The highest BCUT2D eigenvalue weighted by Crippen LogP contribution is 2.22. The summed E-state index contributed by atoms with van der Waals surface area (Å²) in [6.45, 7) is 1.68. The number of rotatable bonds is 6. The normalized spacial score (nSPS) is 39.4. The molecule has 0 aromatic carbocycles. The van der Waals surface area contributed by atoms with E-state index in [9.17, 15) is 30.0 Å². The molecule has 2 aliphatic rings. The maximum Gasteiger partial charge on any atom is 0.217 e. The summed E-state index contributed by atoms with van der Waals surface area (Å²) in [5.41, 5.74) is 0. The molecule has 10 unspecified atom stereocenters. The SMILES string of the molecule is COC1OC(CO)C(O)C(O)C1NC(C)=O.COC1OC(CO)C(O)C(O)C1NC(C)=O. The number of nitrogens with one attached hydrogen (secondary N) is 2. The van der Waals surface area contributed by atoms with Crippen LogP contribution >= 0.6 is 0 Å². The molecule has 2 aliphatic heterocycles. The van der Waals surface area contributed by atoms with Crippen molar-refractivity contribution in [3.05, 3.63) is 0 Å². The first-order valence-electron chi connectivity index (χ1n) is 9.86. The summed E-state index contributed by atoms with van der Waals surface area (Å²) in [6, 6.07) is -1.72. The van der Waals surface area contributed by atoms with Crippen molar-refractivity contribution in [3.63, 3.8) is 0 Å². The Morgan fingerprint density at radius 1 is 0.719 bits per heavy atom. The standard InChI is InChI=1S/2C9H17NO6/c2*1-4(12)10-6-8(14)7(13)5(3-11)16-9(6)15-2/h2*5-9,11,13-14H,3H2,1-2H3,(H,10,12). The fourth-order valence-corrected chi connectivity index (χ4v) is 3.34. The zero-order valence-corrected chi connectivity index (χ0v) is 18.3. The lowest BCUT2D eigenvalue weighted by Gasteiger charge is -2.41. The van der Waals surface area contributed by atoms with Crippen LogP contribution < -0.4 is 10.6 Å². The lowest BCUT2D eigenvalue weighted by molar-refractivity contribution is -0.262. The molecule has 0 saturated carbocycles. The first-order valence-corrected chi connectivity index (χ1v) is 9.86. The molecule has 188 valence electrons. The van der Waals surface area contributed by atoms with Gasteiger partial charge in [0, 0.05) is 28.1 Å². The van der Waals surface area contributed by atoms with E-state index in [1.54, 1.807) is 0 Å². The Labute approximate surface area is 185 Å². The number of hydrogen-bond acceptors (Lipinski definition) is 12. The quantitative estimate of drug-likeness (QED) is 0.183. The minimum Gasteiger partial charge on any atom is -0.394 e. The molecule has 32 heavy (non-hydrogen) atoms. The highest BCUT2D eigenvalue weighted by atomic mass is 16.7. The van der Waals surface area contributed by atoms with Crippen LogP contribution in [0.25, 0.3) is 0 Å². The average molecular weight is 470 g/mol. The summed E-state index contributed by atoms with van der Waals surface area (Å²) in [5, 5.41) is 61.4. The number of aliphatic hydroxyl groups excluding tert-OH is 6. The summed E-state index contributed by atoms with van der Waals surface area (Å²) in [5.74, 6) is -0.742. The minimum atomic E-state index is -1.27. The fourth-order valence-electron chi connectivity index (χ4n) is 3.34. The van der Waals surface area contributed by atoms with Gasteiger partial charge in [0.05, 0.1) is 13.2 Å². The zero-order chi connectivity index (χ0) is 24.6. The third-order valence-corrected chi connectivity index (χ3v) is 4.97. The van der Waals surface area contributed by atoms with Gasteiger partial charge < -0.3 is 60.2 Å². The van der Waals surface area contributed by atoms with Crippen LogP contribution in [0, 0.1) is 0 Å². The van der Waals surface area contributed by atoms with Crippen molar-refractivity contribution in [1.29, 1.82) is 0 Å². The summed E-state index contributed by atoms with van der Waals surface area (Å²) < 4.78 is 20.2. The Morgan fingerprint density at radius 3 is 1.25 bits per heavy atom. The van der Waals surface area contributed by atoms with Gasteiger partial charge in [-0.05, 0) is 0 Å². The molecule has 0 aromatic heterocycles. The van der Waals surface area contributed by atoms with Crippen molar-refractivity contribution in [2.75, 3.05) is 27.4 Å². The molecule has 2 saturated heterocycles. The Hall–Kier alpha value is -1.46. The van der Waals surface area contributed by atoms with E-state index in [-0.39, 0.29) is 11.8 Å². The maximum atomic E-state index is 10.9. The summed E-state index contributed by atoms with van der Waals surface area (Å²) in [6.07, 6.45) is -8.70. The number of carbonyl (C=O) groups excluding carboxylic acids is 2. The molecule has 0 radical (unpaired) electrons. The van der Waals surface area contributed by atoms with E-state index in [1.807, 2.05) is 0 Å². The Kier molecular flexibility index (Phi) is 11.9. The third-order valence-electron chi connectivity index (χ3n) is 4.97. The number of hydrogen-bond donors (Lipinski definition) is 8. The van der Waals surface area contributed by atoms with Gasteiger partial charge in [0.25, 0.3) is 0 Å². The predicted octanol–water partition coefficient (Wildman–Crippen LogP) is -4.85. The number of carbonyl (C=O) groups is 2. The van der Waals surface area contributed by atoms with Crippen LogP contribution in [-0.4, -0.2) is 131 Å². The van der Waals surface area contributed by atoms with Gasteiger partial charge in [-0.1, -0.05) is 0 Å². The molecule has 2 fully saturated rings. The van der Waals surface area contributed by atoms with Gasteiger partial charge in [-0.15, -0.1) is 0 Å². The third kappa shape index (κ3) is 7.28. The number of aliphatic hydroxyl groups is 6. The van der Waals surface area contributed by atoms with Gasteiger partial charge in [0.2, 0.25) is 11.8 Å². The van der Waals surface area contributed by atoms with E-state index in [1.165, 1.54) is 28.1 Å². The van der Waals surface area contributed by atoms with Gasteiger partial charge in [-0.2, -0.15) is 0 Å². The van der Waals surface area contributed by atoms with Crippen molar-refractivity contribution in [1.82, 2.24) is 10.6 Å². The van der Waals surface area contributed by atoms with Gasteiger partial charge in [-0.25, -0.2) is 0 Å². The van der Waals surface area contributed by atoms with Crippen LogP contribution in [0.15, 0.2) is 0 Å². The molecular weight excluding hydrogens is 436 g/mol. The van der Waals surface area contributed by atoms with Crippen molar-refractivity contribution in [2.24, 2.45) is 0 Å². The Balaban J connectivity index is 0.000000320. The number of amides is 2. The molecule has 8 N–H and O–H groups in total. The second-order valence-corrected chi connectivity index (χ2v) is 7.34. The van der Waals surface area contributed by atoms with Crippen molar-refractivity contribution in [3.8, 4) is 0 Å². The lowest BCUT2D eigenvalue weighted by atomic mass is 9.97. The minimum absolute atomic E-state index is 0.371. The van der Waals surface area contributed by atoms with Gasteiger partial charge in [0.1, 0.15) is 48.7 Å². The average Bonchev–Trinajstić information content (AvgIpc) is 2.75. The van der Waals surface area contributed by atoms with E-state index < -0.39 is 74.5 Å². The van der Waals surface area contributed by atoms with E-state index in [4.69, 9.17) is 29.2 Å². The molecular formula is C18H34N2O12. The molecule has 0 aliphatic carbocycles. The van der Waals surface area contributed by atoms with Crippen LogP contribution in [0.5, 0.6) is 0 Å². The van der Waals surface area contributed by atoms with Crippen molar-refractivity contribution in [2.45, 2.75) is 75.1 Å². The smallest absolute Gasteiger partial charge is 0.217 e. The molecule has 10 atom stereocenters. The number of methoxy groups -OCH3 is 2. The van der Waals surface area contributed by atoms with Crippen molar-refractivity contribution >= 4 is 11.8 Å². The van der Waals surface area contributed by atoms with Crippen LogP contribution in [0.4, 0.5) is 0 Å². The summed E-state index contributed by atoms with van der Waals surface area (Å²) in [7, 11) is 2.69. The predicted molar refractivity (Wildman–Crippen MR) is 105 cm³/mol. The summed E-state index contributed by atoms with van der Waals surface area (Å²) in [4.78, 5) is 21.8. The molecule has 2 rings (SSSR count). The van der Waals surface area contributed by atoms with Crippen molar-refractivity contribution < 1.29 is 59.2 Å². The molecule has 2 heterocycles. The first kappa shape index (κ1) is 28.6. The van der Waals surface area contributed by atoms with Crippen LogP contribution in [0.3, 0.4) is 0 Å². The van der Waals surface area contributed by atoms with Gasteiger partial charge in [-0.3, -0.25) is 9.59 Å². The van der Waals surface area contributed by atoms with Crippen LogP contribution in [-0.2, 0) is 28.5 Å². The van der Waals surface area contributed by atoms with E-state index in [2.05, 4.69) is 10.6 Å². The molecule has 2 amide bonds.